The van der Waals surface area contributed by atoms with E-state index >= 15 is 0 Å². The molecule has 0 spiro atoms. The van der Waals surface area contributed by atoms with Gasteiger partial charge >= 0.3 is 0 Å². The van der Waals surface area contributed by atoms with Crippen molar-refractivity contribution in [1.82, 2.24) is 9.55 Å². The van der Waals surface area contributed by atoms with Crippen molar-refractivity contribution in [3.63, 3.8) is 0 Å². The van der Waals surface area contributed by atoms with Crippen LogP contribution in [0.3, 0.4) is 0 Å². The van der Waals surface area contributed by atoms with Gasteiger partial charge in [0.2, 0.25) is 0 Å². The van der Waals surface area contributed by atoms with E-state index in [1.807, 2.05) is 10.8 Å². The van der Waals surface area contributed by atoms with Crippen LogP contribution in [-0.4, -0.2) is 15.8 Å². The number of nitrogens with zero attached hydrogens (tertiary/aromatic N) is 3. The topological polar surface area (TPSA) is 30.2 Å². The van der Waals surface area contributed by atoms with Gasteiger partial charge in [-0.3, -0.25) is 4.99 Å². The number of hydrogen-bond donors (Lipinski definition) is 0. The van der Waals surface area contributed by atoms with Gasteiger partial charge in [-0.2, -0.15) is 0 Å². The maximum absolute atomic E-state index is 13.2. The van der Waals surface area contributed by atoms with E-state index in [2.05, 4.69) is 9.98 Å². The fourth-order valence-electron chi connectivity index (χ4n) is 1.30. The molecule has 0 bridgehead atoms. The highest BCUT2D eigenvalue weighted by molar-refractivity contribution is 5.63. The Kier molecular flexibility index (Phi) is 3.10. The lowest BCUT2D eigenvalue weighted by Gasteiger charge is -1.98. The molecule has 1 aromatic heterocycles. The molecule has 0 N–H and O–H groups in total. The van der Waals surface area contributed by atoms with E-state index in [4.69, 9.17) is 0 Å². The van der Waals surface area contributed by atoms with Crippen LogP contribution in [0.15, 0.2) is 41.9 Å². The maximum atomic E-state index is 13.2. The molecule has 2 aromatic rings. The highest BCUT2D eigenvalue weighted by atomic mass is 19.1. The average molecular weight is 217 g/mol. The Balaban J connectivity index is 2.03. The van der Waals surface area contributed by atoms with Gasteiger partial charge in [0.15, 0.2) is 0 Å². The number of benzene rings is 1. The van der Waals surface area contributed by atoms with Crippen LogP contribution in [0.25, 0.3) is 0 Å². The summed E-state index contributed by atoms with van der Waals surface area (Å²) >= 11 is 0. The van der Waals surface area contributed by atoms with Crippen LogP contribution in [0.5, 0.6) is 0 Å². The quantitative estimate of drug-likeness (QED) is 0.727. The molecule has 4 heteroatoms. The molecule has 0 aliphatic rings. The summed E-state index contributed by atoms with van der Waals surface area (Å²) in [6, 6.07) is 4.95. The number of imidazole rings is 1. The van der Waals surface area contributed by atoms with Gasteiger partial charge in [-0.05, 0) is 24.6 Å². The number of halogens is 1. The van der Waals surface area contributed by atoms with E-state index in [1.54, 1.807) is 37.8 Å². The third kappa shape index (κ3) is 2.53. The first-order valence-electron chi connectivity index (χ1n) is 5.00. The Morgan fingerprint density at radius 1 is 1.50 bits per heavy atom. The molecule has 1 aromatic carbocycles. The second-order valence-electron chi connectivity index (χ2n) is 3.50. The van der Waals surface area contributed by atoms with Crippen LogP contribution in [0.4, 0.5) is 10.1 Å². The van der Waals surface area contributed by atoms with Gasteiger partial charge in [-0.1, -0.05) is 6.07 Å². The summed E-state index contributed by atoms with van der Waals surface area (Å²) in [6.45, 7) is 2.36. The van der Waals surface area contributed by atoms with Crippen LogP contribution < -0.4 is 0 Å². The molecule has 0 saturated carbocycles. The summed E-state index contributed by atoms with van der Waals surface area (Å²) < 4.78 is 15.1. The summed E-state index contributed by atoms with van der Waals surface area (Å²) in [5.74, 6) is -0.225. The number of aliphatic imine (C=N–C) groups is 1. The van der Waals surface area contributed by atoms with Gasteiger partial charge in [0, 0.05) is 18.6 Å². The minimum absolute atomic E-state index is 0.225. The lowest BCUT2D eigenvalue weighted by atomic mass is 10.2. The highest BCUT2D eigenvalue weighted by Gasteiger charge is 1.96. The molecule has 0 atom stereocenters. The molecule has 0 saturated heterocycles. The first-order valence-corrected chi connectivity index (χ1v) is 5.00. The van der Waals surface area contributed by atoms with Crippen LogP contribution >= 0.6 is 0 Å². The van der Waals surface area contributed by atoms with Crippen molar-refractivity contribution >= 4 is 11.9 Å². The first kappa shape index (κ1) is 10.5. The van der Waals surface area contributed by atoms with E-state index in [9.17, 15) is 4.39 Å². The van der Waals surface area contributed by atoms with Crippen molar-refractivity contribution in [3.8, 4) is 0 Å². The van der Waals surface area contributed by atoms with Crippen LogP contribution in [-0.2, 0) is 6.54 Å². The number of aromatic nitrogens is 2. The minimum Gasteiger partial charge on any atom is -0.332 e. The molecule has 1 heterocycles. The molecule has 82 valence electrons. The number of aryl methyl sites for hydroxylation is 1. The zero-order valence-electron chi connectivity index (χ0n) is 8.97. The minimum atomic E-state index is -0.225. The van der Waals surface area contributed by atoms with Crippen molar-refractivity contribution in [2.24, 2.45) is 4.99 Å². The van der Waals surface area contributed by atoms with Gasteiger partial charge < -0.3 is 4.57 Å². The fourth-order valence-corrected chi connectivity index (χ4v) is 1.30. The SMILES string of the molecule is Cc1ccc(N=CCn2ccnc2)cc1F. The molecule has 0 unspecified atom stereocenters. The van der Waals surface area contributed by atoms with E-state index in [0.29, 0.717) is 17.8 Å². The molecule has 0 amide bonds. The summed E-state index contributed by atoms with van der Waals surface area (Å²) in [5, 5.41) is 0. The molecule has 0 radical (unpaired) electrons. The zero-order valence-corrected chi connectivity index (χ0v) is 8.97. The van der Waals surface area contributed by atoms with Gasteiger partial charge in [-0.15, -0.1) is 0 Å². The summed E-state index contributed by atoms with van der Waals surface area (Å²) in [6.07, 6.45) is 6.99. The van der Waals surface area contributed by atoms with Gasteiger partial charge in [0.25, 0.3) is 0 Å². The predicted octanol–water partition coefficient (Wildman–Crippen LogP) is 2.73. The molecule has 3 nitrogen and oxygen atoms in total. The van der Waals surface area contributed by atoms with E-state index in [-0.39, 0.29) is 5.82 Å². The van der Waals surface area contributed by atoms with Crippen molar-refractivity contribution in [3.05, 3.63) is 48.3 Å². The summed E-state index contributed by atoms with van der Waals surface area (Å²) in [4.78, 5) is 8.08. The predicted molar refractivity (Wildman–Crippen MR) is 61.5 cm³/mol. The van der Waals surface area contributed by atoms with Crippen LogP contribution in [0.2, 0.25) is 0 Å². The maximum Gasteiger partial charge on any atom is 0.128 e. The Bertz CT molecular complexity index is 489. The summed E-state index contributed by atoms with van der Waals surface area (Å²) in [5.41, 5.74) is 1.26. The Morgan fingerprint density at radius 2 is 2.38 bits per heavy atom. The monoisotopic (exact) mass is 217 g/mol. The molecule has 2 rings (SSSR count). The second kappa shape index (κ2) is 4.70. The number of hydrogen-bond acceptors (Lipinski definition) is 2. The van der Waals surface area contributed by atoms with E-state index < -0.39 is 0 Å². The summed E-state index contributed by atoms with van der Waals surface area (Å²) in [7, 11) is 0. The molecule has 16 heavy (non-hydrogen) atoms. The molecule has 0 aliphatic heterocycles. The number of rotatable bonds is 3. The Hall–Kier alpha value is -1.97. The third-order valence-electron chi connectivity index (χ3n) is 2.25. The third-order valence-corrected chi connectivity index (χ3v) is 2.25. The van der Waals surface area contributed by atoms with E-state index in [1.165, 1.54) is 6.07 Å². The lowest BCUT2D eigenvalue weighted by molar-refractivity contribution is 0.619. The molecule has 0 aliphatic carbocycles. The van der Waals surface area contributed by atoms with E-state index in [0.717, 1.165) is 0 Å². The van der Waals surface area contributed by atoms with Crippen LogP contribution in [0, 0.1) is 12.7 Å². The van der Waals surface area contributed by atoms with Gasteiger partial charge in [0.1, 0.15) is 5.82 Å². The average Bonchev–Trinajstić information content (AvgIpc) is 2.76. The van der Waals surface area contributed by atoms with Crippen molar-refractivity contribution in [2.75, 3.05) is 0 Å². The van der Waals surface area contributed by atoms with Crippen molar-refractivity contribution < 1.29 is 4.39 Å². The second-order valence-corrected chi connectivity index (χ2v) is 3.50. The van der Waals surface area contributed by atoms with Crippen molar-refractivity contribution in [1.29, 1.82) is 0 Å². The highest BCUT2D eigenvalue weighted by Crippen LogP contribution is 2.15. The Labute approximate surface area is 93.3 Å². The fraction of sp³-hybridized carbons (Fsp3) is 0.167. The van der Waals surface area contributed by atoms with Crippen molar-refractivity contribution in [2.45, 2.75) is 13.5 Å². The standard InChI is InChI=1S/C12H12FN3/c1-10-2-3-11(8-12(10)13)15-5-7-16-6-4-14-9-16/h2-6,8-9H,7H2,1H3. The van der Waals surface area contributed by atoms with Gasteiger partial charge in [0.05, 0.1) is 18.6 Å². The Morgan fingerprint density at radius 3 is 3.06 bits per heavy atom. The smallest absolute Gasteiger partial charge is 0.128 e. The normalized spacial score (nSPS) is 11.1. The zero-order chi connectivity index (χ0) is 11.4. The van der Waals surface area contributed by atoms with Gasteiger partial charge in [-0.25, -0.2) is 9.37 Å². The van der Waals surface area contributed by atoms with Crippen LogP contribution in [0.1, 0.15) is 5.56 Å². The molecular weight excluding hydrogens is 205 g/mol. The largest absolute Gasteiger partial charge is 0.332 e. The lowest BCUT2D eigenvalue weighted by Crippen LogP contribution is -1.94. The molecule has 0 fully saturated rings. The molecular formula is C12H12FN3. The first-order chi connectivity index (χ1) is 7.75.